The fourth-order valence-electron chi connectivity index (χ4n) is 1.79. The fraction of sp³-hybridized carbons (Fsp3) is 0.667. The number of aromatic nitrogens is 2. The van der Waals surface area contributed by atoms with Crippen molar-refractivity contribution in [2.45, 2.75) is 44.2 Å². The Morgan fingerprint density at radius 2 is 2.24 bits per heavy atom. The predicted octanol–water partition coefficient (Wildman–Crippen LogP) is 0.382. The number of hydrogen-bond donors (Lipinski definition) is 3. The first kappa shape index (κ1) is 17.6. The molecule has 0 radical (unpaired) electrons. The number of H-pyrrole nitrogens is 1. The Labute approximate surface area is 124 Å². The number of ether oxygens (including phenoxy) is 1. The molecule has 0 aliphatic rings. The second-order valence-electron chi connectivity index (χ2n) is 4.53. The van der Waals surface area contributed by atoms with E-state index in [9.17, 15) is 13.2 Å². The van der Waals surface area contributed by atoms with Crippen LogP contribution in [0.3, 0.4) is 0 Å². The zero-order chi connectivity index (χ0) is 15.9. The molecule has 0 saturated carbocycles. The monoisotopic (exact) mass is 318 g/mol. The zero-order valence-corrected chi connectivity index (χ0v) is 13.1. The lowest BCUT2D eigenvalue weighted by molar-refractivity contribution is 0.0522. The van der Waals surface area contributed by atoms with Crippen molar-refractivity contribution in [2.24, 2.45) is 5.73 Å². The highest BCUT2D eigenvalue weighted by Crippen LogP contribution is 2.14. The van der Waals surface area contributed by atoms with Gasteiger partial charge in [-0.3, -0.25) is 5.10 Å². The number of carbonyl (C=O) groups is 1. The molecule has 0 amide bonds. The van der Waals surface area contributed by atoms with Crippen molar-refractivity contribution in [3.63, 3.8) is 0 Å². The van der Waals surface area contributed by atoms with Crippen molar-refractivity contribution in [1.82, 2.24) is 14.9 Å². The molecule has 1 atom stereocenters. The maximum absolute atomic E-state index is 12.3. The standard InChI is InChI=1S/C12H22N4O4S/c1-3-5-6-9(7-13)16-21(18,19)11-10(8-14-15-11)12(17)20-4-2/h8-9,16H,3-7,13H2,1-2H3,(H,14,15). The molecular weight excluding hydrogens is 296 g/mol. The van der Waals surface area contributed by atoms with Crippen molar-refractivity contribution in [2.75, 3.05) is 13.2 Å². The number of hydrogen-bond acceptors (Lipinski definition) is 6. The van der Waals surface area contributed by atoms with Crippen LogP contribution in [0.15, 0.2) is 11.2 Å². The van der Waals surface area contributed by atoms with E-state index in [1.807, 2.05) is 6.92 Å². The van der Waals surface area contributed by atoms with Crippen LogP contribution in [0.25, 0.3) is 0 Å². The highest BCUT2D eigenvalue weighted by atomic mass is 32.2. The van der Waals surface area contributed by atoms with E-state index in [1.165, 1.54) is 0 Å². The van der Waals surface area contributed by atoms with Gasteiger partial charge in [0.15, 0.2) is 5.03 Å². The van der Waals surface area contributed by atoms with Crippen LogP contribution in [0.5, 0.6) is 0 Å². The smallest absolute Gasteiger partial charge is 0.342 e. The number of carbonyl (C=O) groups excluding carboxylic acids is 1. The molecule has 0 bridgehead atoms. The van der Waals surface area contributed by atoms with Gasteiger partial charge in [-0.2, -0.15) is 5.10 Å². The fourth-order valence-corrected chi connectivity index (χ4v) is 3.16. The summed E-state index contributed by atoms with van der Waals surface area (Å²) in [4.78, 5) is 11.7. The van der Waals surface area contributed by atoms with Gasteiger partial charge in [-0.15, -0.1) is 0 Å². The Bertz CT molecular complexity index is 555. The van der Waals surface area contributed by atoms with Gasteiger partial charge in [0.05, 0.1) is 12.8 Å². The molecule has 1 aromatic heterocycles. The van der Waals surface area contributed by atoms with E-state index in [2.05, 4.69) is 14.9 Å². The zero-order valence-electron chi connectivity index (χ0n) is 12.3. The number of rotatable bonds is 9. The Balaban J connectivity index is 2.92. The van der Waals surface area contributed by atoms with E-state index < -0.39 is 16.0 Å². The lowest BCUT2D eigenvalue weighted by atomic mass is 10.1. The van der Waals surface area contributed by atoms with Gasteiger partial charge >= 0.3 is 5.97 Å². The van der Waals surface area contributed by atoms with Crippen molar-refractivity contribution < 1.29 is 17.9 Å². The Hall–Kier alpha value is -1.45. The van der Waals surface area contributed by atoms with Crippen LogP contribution in [-0.4, -0.2) is 43.8 Å². The molecule has 1 rings (SSSR count). The van der Waals surface area contributed by atoms with E-state index in [0.717, 1.165) is 19.0 Å². The average Bonchev–Trinajstić information content (AvgIpc) is 2.94. The van der Waals surface area contributed by atoms with Gasteiger partial charge in [0.25, 0.3) is 10.0 Å². The summed E-state index contributed by atoms with van der Waals surface area (Å²) < 4.78 is 31.9. The SMILES string of the molecule is CCCCC(CN)NS(=O)(=O)c1[nH]ncc1C(=O)OCC. The molecule has 0 aliphatic heterocycles. The highest BCUT2D eigenvalue weighted by Gasteiger charge is 2.27. The maximum atomic E-state index is 12.3. The number of nitrogens with two attached hydrogens (primary N) is 1. The van der Waals surface area contributed by atoms with Crippen LogP contribution < -0.4 is 10.5 Å². The molecule has 0 aromatic carbocycles. The van der Waals surface area contributed by atoms with E-state index in [4.69, 9.17) is 10.5 Å². The summed E-state index contributed by atoms with van der Waals surface area (Å²) in [5, 5.41) is 5.64. The van der Waals surface area contributed by atoms with E-state index in [-0.39, 0.29) is 29.8 Å². The lowest BCUT2D eigenvalue weighted by Crippen LogP contribution is -2.40. The molecule has 1 unspecified atom stereocenters. The minimum absolute atomic E-state index is 0.115. The molecule has 0 spiro atoms. The van der Waals surface area contributed by atoms with Crippen molar-refractivity contribution in [1.29, 1.82) is 0 Å². The number of aromatic amines is 1. The van der Waals surface area contributed by atoms with E-state index in [1.54, 1.807) is 6.92 Å². The van der Waals surface area contributed by atoms with Crippen LogP contribution in [0.2, 0.25) is 0 Å². The molecule has 21 heavy (non-hydrogen) atoms. The topological polar surface area (TPSA) is 127 Å². The average molecular weight is 318 g/mol. The van der Waals surface area contributed by atoms with E-state index >= 15 is 0 Å². The normalized spacial score (nSPS) is 13.1. The van der Waals surface area contributed by atoms with Crippen molar-refractivity contribution in [3.05, 3.63) is 11.8 Å². The van der Waals surface area contributed by atoms with Crippen LogP contribution in [0.4, 0.5) is 0 Å². The first-order valence-electron chi connectivity index (χ1n) is 6.89. The second-order valence-corrected chi connectivity index (χ2v) is 6.18. The number of sulfonamides is 1. The molecule has 8 nitrogen and oxygen atoms in total. The molecule has 1 heterocycles. The lowest BCUT2D eigenvalue weighted by Gasteiger charge is -2.16. The van der Waals surface area contributed by atoms with Gasteiger partial charge in [-0.25, -0.2) is 17.9 Å². The Morgan fingerprint density at radius 1 is 1.52 bits per heavy atom. The number of nitrogens with zero attached hydrogens (tertiary/aromatic N) is 1. The molecule has 1 aromatic rings. The van der Waals surface area contributed by atoms with Gasteiger partial charge in [-0.05, 0) is 13.3 Å². The Kier molecular flexibility index (Phi) is 6.79. The molecule has 0 fully saturated rings. The van der Waals surface area contributed by atoms with Crippen LogP contribution in [-0.2, 0) is 14.8 Å². The summed E-state index contributed by atoms with van der Waals surface area (Å²) in [6, 6.07) is -0.381. The van der Waals surface area contributed by atoms with Gasteiger partial charge in [0, 0.05) is 12.6 Å². The van der Waals surface area contributed by atoms with Crippen LogP contribution in [0, 0.1) is 0 Å². The number of esters is 1. The number of nitrogens with one attached hydrogen (secondary N) is 2. The molecular formula is C12H22N4O4S. The van der Waals surface area contributed by atoms with Gasteiger partial charge in [0.1, 0.15) is 5.56 Å². The summed E-state index contributed by atoms with van der Waals surface area (Å²) in [5.74, 6) is -0.732. The summed E-state index contributed by atoms with van der Waals surface area (Å²) in [7, 11) is -3.90. The third-order valence-electron chi connectivity index (χ3n) is 2.88. The van der Waals surface area contributed by atoms with Crippen molar-refractivity contribution in [3.8, 4) is 0 Å². The van der Waals surface area contributed by atoms with E-state index in [0.29, 0.717) is 6.42 Å². The third-order valence-corrected chi connectivity index (χ3v) is 4.37. The van der Waals surface area contributed by atoms with Gasteiger partial charge in [0.2, 0.25) is 0 Å². The molecule has 0 aliphatic carbocycles. The predicted molar refractivity (Wildman–Crippen MR) is 77.2 cm³/mol. The largest absolute Gasteiger partial charge is 0.462 e. The van der Waals surface area contributed by atoms with Crippen molar-refractivity contribution >= 4 is 16.0 Å². The number of unbranched alkanes of at least 4 members (excludes halogenated alkanes) is 1. The quantitative estimate of drug-likeness (QED) is 0.565. The second kappa shape index (κ2) is 8.11. The molecule has 4 N–H and O–H groups in total. The summed E-state index contributed by atoms with van der Waals surface area (Å²) >= 11 is 0. The Morgan fingerprint density at radius 3 is 2.81 bits per heavy atom. The van der Waals surface area contributed by atoms with Crippen LogP contribution >= 0.6 is 0 Å². The minimum atomic E-state index is -3.90. The van der Waals surface area contributed by atoms with Gasteiger partial charge in [-0.1, -0.05) is 19.8 Å². The molecule has 0 saturated heterocycles. The highest BCUT2D eigenvalue weighted by molar-refractivity contribution is 7.89. The minimum Gasteiger partial charge on any atom is -0.462 e. The third kappa shape index (κ3) is 4.80. The summed E-state index contributed by atoms with van der Waals surface area (Å²) in [5.41, 5.74) is 5.46. The first-order chi connectivity index (χ1) is 9.96. The molecule has 120 valence electrons. The van der Waals surface area contributed by atoms with Gasteiger partial charge < -0.3 is 10.5 Å². The van der Waals surface area contributed by atoms with Crippen LogP contribution in [0.1, 0.15) is 43.5 Å². The summed E-state index contributed by atoms with van der Waals surface area (Å²) in [6.45, 7) is 3.98. The molecule has 9 heteroatoms. The first-order valence-corrected chi connectivity index (χ1v) is 8.37. The summed E-state index contributed by atoms with van der Waals surface area (Å²) in [6.07, 6.45) is 3.57. The maximum Gasteiger partial charge on any atom is 0.342 e.